The molecule has 1 aromatic heterocycles. The number of Topliss-reactive ketones (excluding diaryl/α,β-unsaturated/α-hetero) is 1. The van der Waals surface area contributed by atoms with Crippen molar-refractivity contribution in [2.24, 2.45) is 0 Å². The molecule has 1 unspecified atom stereocenters. The molecule has 2 aliphatic heterocycles. The summed E-state index contributed by atoms with van der Waals surface area (Å²) in [5.41, 5.74) is 2.48. The van der Waals surface area contributed by atoms with Gasteiger partial charge >= 0.3 is 6.09 Å². The van der Waals surface area contributed by atoms with Crippen LogP contribution in [0.1, 0.15) is 26.3 Å². The molecule has 1 atom stereocenters. The second-order valence-corrected chi connectivity index (χ2v) is 7.24. The number of carbonyl (C=O) groups is 2. The van der Waals surface area contributed by atoms with Gasteiger partial charge in [0.25, 0.3) is 0 Å². The molecule has 0 saturated carbocycles. The third-order valence-electron chi connectivity index (χ3n) is 4.17. The zero-order valence-corrected chi connectivity index (χ0v) is 14.3. The van der Waals surface area contributed by atoms with E-state index in [1.165, 1.54) is 0 Å². The van der Waals surface area contributed by atoms with Gasteiger partial charge in [0, 0.05) is 38.4 Å². The molecule has 0 bridgehead atoms. The van der Waals surface area contributed by atoms with Crippen LogP contribution in [0.3, 0.4) is 0 Å². The van der Waals surface area contributed by atoms with Crippen LogP contribution >= 0.6 is 0 Å². The predicted molar refractivity (Wildman–Crippen MR) is 89.6 cm³/mol. The molecule has 2 aliphatic rings. The maximum Gasteiger partial charge on any atom is 0.411 e. The monoisotopic (exact) mass is 329 g/mol. The Labute approximate surface area is 141 Å². The van der Waals surface area contributed by atoms with E-state index in [4.69, 9.17) is 4.74 Å². The molecule has 24 heavy (non-hydrogen) atoms. The lowest BCUT2D eigenvalue weighted by atomic mass is 9.98. The van der Waals surface area contributed by atoms with Gasteiger partial charge < -0.3 is 10.1 Å². The lowest BCUT2D eigenvalue weighted by Gasteiger charge is -2.30. The topological polar surface area (TPSA) is 71.5 Å². The van der Waals surface area contributed by atoms with Gasteiger partial charge in [-0.1, -0.05) is 0 Å². The average molecular weight is 329 g/mol. The zero-order chi connectivity index (χ0) is 17.3. The van der Waals surface area contributed by atoms with E-state index in [0.717, 1.165) is 23.3 Å². The maximum absolute atomic E-state index is 12.9. The molecule has 0 aromatic carbocycles. The largest absolute Gasteiger partial charge is 0.444 e. The summed E-state index contributed by atoms with van der Waals surface area (Å²) in [6.07, 6.45) is 3.20. The SMILES string of the molecule is CC(C)(C)OC(=O)N1CC2=C(CNC2)C1C(=O)Cc1ccncc1. The van der Waals surface area contributed by atoms with Crippen LogP contribution in [0.15, 0.2) is 35.7 Å². The van der Waals surface area contributed by atoms with Gasteiger partial charge in [-0.2, -0.15) is 0 Å². The molecular formula is C18H23N3O3. The molecule has 1 N–H and O–H groups in total. The Morgan fingerprint density at radius 1 is 1.29 bits per heavy atom. The van der Waals surface area contributed by atoms with Crippen molar-refractivity contribution in [2.45, 2.75) is 38.8 Å². The van der Waals surface area contributed by atoms with Gasteiger partial charge in [0.2, 0.25) is 0 Å². The number of pyridine rings is 1. The number of ketones is 1. The molecule has 6 heteroatoms. The normalized spacial score (nSPS) is 20.3. The molecule has 0 spiro atoms. The summed E-state index contributed by atoms with van der Waals surface area (Å²) in [5.74, 6) is 0.0146. The molecule has 1 aromatic rings. The first-order valence-electron chi connectivity index (χ1n) is 8.18. The van der Waals surface area contributed by atoms with Crippen molar-refractivity contribution < 1.29 is 14.3 Å². The number of rotatable bonds is 3. The van der Waals surface area contributed by atoms with Crippen molar-refractivity contribution >= 4 is 11.9 Å². The van der Waals surface area contributed by atoms with Gasteiger partial charge in [0.05, 0.1) is 0 Å². The van der Waals surface area contributed by atoms with E-state index in [-0.39, 0.29) is 12.2 Å². The lowest BCUT2D eigenvalue weighted by molar-refractivity contribution is -0.122. The lowest BCUT2D eigenvalue weighted by Crippen LogP contribution is -2.47. The van der Waals surface area contributed by atoms with Crippen molar-refractivity contribution in [3.05, 3.63) is 41.2 Å². The first kappa shape index (κ1) is 16.6. The number of nitrogens with one attached hydrogen (secondary N) is 1. The number of amides is 1. The Hall–Kier alpha value is -2.21. The summed E-state index contributed by atoms with van der Waals surface area (Å²) in [6, 6.07) is 3.12. The molecule has 0 radical (unpaired) electrons. The molecule has 3 rings (SSSR count). The van der Waals surface area contributed by atoms with Crippen molar-refractivity contribution in [2.75, 3.05) is 19.6 Å². The first-order valence-corrected chi connectivity index (χ1v) is 8.18. The van der Waals surface area contributed by atoms with E-state index in [9.17, 15) is 9.59 Å². The molecule has 128 valence electrons. The second kappa shape index (κ2) is 6.36. The number of carbonyl (C=O) groups excluding carboxylic acids is 2. The Morgan fingerprint density at radius 2 is 2.00 bits per heavy atom. The zero-order valence-electron chi connectivity index (χ0n) is 14.3. The van der Waals surface area contributed by atoms with Gasteiger partial charge in [-0.15, -0.1) is 0 Å². The fourth-order valence-corrected chi connectivity index (χ4v) is 3.18. The Morgan fingerprint density at radius 3 is 2.67 bits per heavy atom. The van der Waals surface area contributed by atoms with E-state index in [0.29, 0.717) is 13.1 Å². The summed E-state index contributed by atoms with van der Waals surface area (Å²) < 4.78 is 5.50. The Balaban J connectivity index is 1.80. The van der Waals surface area contributed by atoms with Crippen LogP contribution in [-0.4, -0.2) is 53.0 Å². The Bertz CT molecular complexity index is 676. The smallest absolute Gasteiger partial charge is 0.411 e. The van der Waals surface area contributed by atoms with E-state index in [2.05, 4.69) is 10.3 Å². The molecule has 0 fully saturated rings. The van der Waals surface area contributed by atoms with Crippen LogP contribution < -0.4 is 5.32 Å². The van der Waals surface area contributed by atoms with Gasteiger partial charge in [-0.25, -0.2) is 4.79 Å². The molecular weight excluding hydrogens is 306 g/mol. The molecule has 6 nitrogen and oxygen atoms in total. The van der Waals surface area contributed by atoms with Crippen molar-refractivity contribution in [3.8, 4) is 0 Å². The van der Waals surface area contributed by atoms with Gasteiger partial charge in [0.1, 0.15) is 11.6 Å². The van der Waals surface area contributed by atoms with E-state index >= 15 is 0 Å². The van der Waals surface area contributed by atoms with E-state index in [1.54, 1.807) is 17.3 Å². The Kier molecular flexibility index (Phi) is 4.41. The van der Waals surface area contributed by atoms with Crippen LogP contribution in [0, 0.1) is 0 Å². The highest BCUT2D eigenvalue weighted by atomic mass is 16.6. The third-order valence-corrected chi connectivity index (χ3v) is 4.17. The standard InChI is InChI=1S/C18H23N3O3/c1-18(2,3)24-17(23)21-11-13-9-20-10-14(13)16(21)15(22)8-12-4-6-19-7-5-12/h4-7,16,20H,8-11H2,1-3H3. The van der Waals surface area contributed by atoms with Crippen LogP contribution in [0.5, 0.6) is 0 Å². The number of hydrogen-bond acceptors (Lipinski definition) is 5. The summed E-state index contributed by atoms with van der Waals surface area (Å²) in [7, 11) is 0. The van der Waals surface area contributed by atoms with Crippen LogP contribution in [-0.2, 0) is 16.0 Å². The highest BCUT2D eigenvalue weighted by Crippen LogP contribution is 2.30. The number of hydrogen-bond donors (Lipinski definition) is 1. The van der Waals surface area contributed by atoms with Crippen LogP contribution in [0.2, 0.25) is 0 Å². The third kappa shape index (κ3) is 3.48. The van der Waals surface area contributed by atoms with Crippen LogP contribution in [0.25, 0.3) is 0 Å². The minimum Gasteiger partial charge on any atom is -0.444 e. The van der Waals surface area contributed by atoms with E-state index < -0.39 is 17.7 Å². The summed E-state index contributed by atoms with van der Waals surface area (Å²) in [4.78, 5) is 31.0. The highest BCUT2D eigenvalue weighted by molar-refractivity contribution is 5.93. The molecule has 3 heterocycles. The van der Waals surface area contributed by atoms with Crippen molar-refractivity contribution in [3.63, 3.8) is 0 Å². The minimum atomic E-state index is -0.582. The van der Waals surface area contributed by atoms with Gasteiger partial charge in [-0.3, -0.25) is 14.7 Å². The van der Waals surface area contributed by atoms with Crippen LogP contribution in [0.4, 0.5) is 4.79 Å². The van der Waals surface area contributed by atoms with Crippen molar-refractivity contribution in [1.29, 1.82) is 0 Å². The average Bonchev–Trinajstić information content (AvgIpc) is 3.06. The van der Waals surface area contributed by atoms with Gasteiger partial charge in [0.15, 0.2) is 5.78 Å². The second-order valence-electron chi connectivity index (χ2n) is 7.24. The first-order chi connectivity index (χ1) is 11.3. The predicted octanol–water partition coefficient (Wildman–Crippen LogP) is 1.71. The maximum atomic E-state index is 12.9. The number of aromatic nitrogens is 1. The molecule has 0 aliphatic carbocycles. The molecule has 0 saturated heterocycles. The number of nitrogens with zero attached hydrogens (tertiary/aromatic N) is 2. The minimum absolute atomic E-state index is 0.0146. The van der Waals surface area contributed by atoms with E-state index in [1.807, 2.05) is 32.9 Å². The highest BCUT2D eigenvalue weighted by Gasteiger charge is 2.42. The summed E-state index contributed by atoms with van der Waals surface area (Å²) >= 11 is 0. The fourth-order valence-electron chi connectivity index (χ4n) is 3.18. The quantitative estimate of drug-likeness (QED) is 0.855. The van der Waals surface area contributed by atoms with Gasteiger partial charge in [-0.05, 0) is 49.6 Å². The summed E-state index contributed by atoms with van der Waals surface area (Å²) in [5, 5.41) is 3.27. The van der Waals surface area contributed by atoms with Crippen molar-refractivity contribution in [1.82, 2.24) is 15.2 Å². The molecule has 1 amide bonds. The summed E-state index contributed by atoms with van der Waals surface area (Å²) in [6.45, 7) is 7.34. The fraction of sp³-hybridized carbons (Fsp3) is 0.500. The number of ether oxygens (including phenoxy) is 1.